The molecule has 0 N–H and O–H groups in total. The summed E-state index contributed by atoms with van der Waals surface area (Å²) in [6, 6.07) is 3.98. The molecule has 2 aliphatic heterocycles. The number of carbonyl (C=O) groups is 1. The van der Waals surface area contributed by atoms with Crippen LogP contribution < -0.4 is 4.74 Å². The number of rotatable bonds is 6. The molecule has 0 spiro atoms. The molecule has 0 aromatic heterocycles. The highest BCUT2D eigenvalue weighted by Crippen LogP contribution is 2.32. The fourth-order valence-electron chi connectivity index (χ4n) is 3.03. The Morgan fingerprint density at radius 2 is 2.22 bits per heavy atom. The zero-order valence-electron chi connectivity index (χ0n) is 13.6. The quantitative estimate of drug-likeness (QED) is 0.754. The highest BCUT2D eigenvalue weighted by molar-refractivity contribution is 5.93. The van der Waals surface area contributed by atoms with E-state index in [1.807, 2.05) is 6.07 Å². The van der Waals surface area contributed by atoms with Gasteiger partial charge in [-0.1, -0.05) is 6.07 Å². The van der Waals surface area contributed by atoms with E-state index in [0.717, 1.165) is 49.8 Å². The predicted octanol–water partition coefficient (Wildman–Crippen LogP) is 2.88. The van der Waals surface area contributed by atoms with E-state index in [9.17, 15) is 4.79 Å². The molecule has 2 heterocycles. The number of fused-ring (bicyclic) bond motifs is 1. The second-order valence-corrected chi connectivity index (χ2v) is 5.87. The molecule has 5 heteroatoms. The Balaban J connectivity index is 1.64. The summed E-state index contributed by atoms with van der Waals surface area (Å²) in [6.07, 6.45) is 4.75. The normalized spacial score (nSPS) is 20.0. The summed E-state index contributed by atoms with van der Waals surface area (Å²) in [4.78, 5) is 12.1. The Hall–Kier alpha value is -1.59. The van der Waals surface area contributed by atoms with E-state index in [4.69, 9.17) is 18.9 Å². The van der Waals surface area contributed by atoms with E-state index in [1.54, 1.807) is 6.92 Å². The summed E-state index contributed by atoms with van der Waals surface area (Å²) >= 11 is 0. The lowest BCUT2D eigenvalue weighted by molar-refractivity contribution is -0.161. The molecule has 5 nitrogen and oxygen atoms in total. The van der Waals surface area contributed by atoms with Crippen LogP contribution in [0.4, 0.5) is 0 Å². The van der Waals surface area contributed by atoms with E-state index < -0.39 is 0 Å². The van der Waals surface area contributed by atoms with Crippen LogP contribution in [-0.2, 0) is 27.1 Å². The van der Waals surface area contributed by atoms with Gasteiger partial charge in [0.25, 0.3) is 0 Å². The number of esters is 1. The number of ether oxygens (including phenoxy) is 4. The van der Waals surface area contributed by atoms with Gasteiger partial charge in [0.15, 0.2) is 6.29 Å². The molecular formula is C18H24O5. The van der Waals surface area contributed by atoms with Crippen molar-refractivity contribution in [3.63, 3.8) is 0 Å². The Bertz CT molecular complexity index is 549. The maximum Gasteiger partial charge on any atom is 0.341 e. The van der Waals surface area contributed by atoms with Crippen LogP contribution in [0.1, 0.15) is 47.7 Å². The van der Waals surface area contributed by atoms with Gasteiger partial charge in [-0.25, -0.2) is 4.79 Å². The highest BCUT2D eigenvalue weighted by Gasteiger charge is 2.23. The van der Waals surface area contributed by atoms with Gasteiger partial charge in [0.1, 0.15) is 11.3 Å². The number of hydrogen-bond acceptors (Lipinski definition) is 5. The minimum Gasteiger partial charge on any atom is -0.492 e. The molecule has 0 saturated carbocycles. The van der Waals surface area contributed by atoms with E-state index in [1.165, 1.54) is 0 Å². The first kappa shape index (κ1) is 16.3. The molecule has 126 valence electrons. The molecule has 1 atom stereocenters. The van der Waals surface area contributed by atoms with Gasteiger partial charge >= 0.3 is 5.97 Å². The molecular weight excluding hydrogens is 296 g/mol. The monoisotopic (exact) mass is 320 g/mol. The predicted molar refractivity (Wildman–Crippen MR) is 84.8 cm³/mol. The van der Waals surface area contributed by atoms with Crippen molar-refractivity contribution in [1.29, 1.82) is 0 Å². The van der Waals surface area contributed by atoms with Gasteiger partial charge in [0.05, 0.1) is 19.8 Å². The largest absolute Gasteiger partial charge is 0.492 e. The first-order valence-corrected chi connectivity index (χ1v) is 8.47. The van der Waals surface area contributed by atoms with Crippen molar-refractivity contribution in [2.45, 2.75) is 45.3 Å². The Labute approximate surface area is 136 Å². The van der Waals surface area contributed by atoms with Gasteiger partial charge in [0.2, 0.25) is 0 Å². The molecule has 1 aromatic carbocycles. The molecule has 0 aliphatic carbocycles. The van der Waals surface area contributed by atoms with Gasteiger partial charge in [-0.15, -0.1) is 0 Å². The van der Waals surface area contributed by atoms with Crippen molar-refractivity contribution in [2.24, 2.45) is 0 Å². The maximum absolute atomic E-state index is 12.1. The lowest BCUT2D eigenvalue weighted by atomic mass is 10.0. The third-order valence-electron chi connectivity index (χ3n) is 4.17. The number of carbonyl (C=O) groups excluding carboxylic acids is 1. The minimum atomic E-state index is -0.316. The Morgan fingerprint density at radius 1 is 1.30 bits per heavy atom. The van der Waals surface area contributed by atoms with Crippen LogP contribution in [-0.4, -0.2) is 38.7 Å². The second kappa shape index (κ2) is 7.79. The fourth-order valence-corrected chi connectivity index (χ4v) is 3.03. The molecule has 0 amide bonds. The summed E-state index contributed by atoms with van der Waals surface area (Å²) in [6.45, 7) is 4.17. The van der Waals surface area contributed by atoms with Crippen molar-refractivity contribution in [2.75, 3.05) is 26.4 Å². The number of hydrogen-bond donors (Lipinski definition) is 0. The van der Waals surface area contributed by atoms with Gasteiger partial charge in [-0.2, -0.15) is 0 Å². The van der Waals surface area contributed by atoms with E-state index in [-0.39, 0.29) is 12.3 Å². The molecule has 2 aliphatic rings. The summed E-state index contributed by atoms with van der Waals surface area (Å²) in [5.41, 5.74) is 2.69. The maximum atomic E-state index is 12.1. The van der Waals surface area contributed by atoms with Crippen LogP contribution >= 0.6 is 0 Å². The average molecular weight is 320 g/mol. The van der Waals surface area contributed by atoms with Crippen molar-refractivity contribution >= 4 is 5.97 Å². The minimum absolute atomic E-state index is 0.0777. The molecule has 1 unspecified atom stereocenters. The fraction of sp³-hybridized carbons (Fsp3) is 0.611. The van der Waals surface area contributed by atoms with E-state index in [0.29, 0.717) is 31.1 Å². The average Bonchev–Trinajstić information content (AvgIpc) is 3.04. The van der Waals surface area contributed by atoms with Gasteiger partial charge < -0.3 is 18.9 Å². The first-order chi connectivity index (χ1) is 11.3. The van der Waals surface area contributed by atoms with Crippen LogP contribution in [0.15, 0.2) is 12.1 Å². The van der Waals surface area contributed by atoms with E-state index in [2.05, 4.69) is 6.07 Å². The molecule has 1 aromatic rings. The topological polar surface area (TPSA) is 54.0 Å². The third-order valence-corrected chi connectivity index (χ3v) is 4.17. The molecule has 1 saturated heterocycles. The first-order valence-electron chi connectivity index (χ1n) is 8.47. The van der Waals surface area contributed by atoms with Gasteiger partial charge in [-0.05, 0) is 49.8 Å². The second-order valence-electron chi connectivity index (χ2n) is 5.87. The summed E-state index contributed by atoms with van der Waals surface area (Å²) in [5, 5.41) is 0. The SMILES string of the molecule is CCOC(=O)c1cc(CCOC2CCCCO2)cc2c1OCC2. The zero-order chi connectivity index (χ0) is 16.1. The summed E-state index contributed by atoms with van der Waals surface area (Å²) < 4.78 is 22.1. The Morgan fingerprint density at radius 3 is 3.00 bits per heavy atom. The van der Waals surface area contributed by atoms with E-state index >= 15 is 0 Å². The standard InChI is InChI=1S/C18H24O5/c1-2-20-18(19)15-12-13(11-14-7-10-23-17(14)15)6-9-22-16-5-3-4-8-21-16/h11-12,16H,2-10H2,1H3. The molecule has 23 heavy (non-hydrogen) atoms. The molecule has 0 bridgehead atoms. The molecule has 3 rings (SSSR count). The molecule has 1 fully saturated rings. The smallest absolute Gasteiger partial charge is 0.341 e. The van der Waals surface area contributed by atoms with Crippen molar-refractivity contribution in [3.05, 3.63) is 28.8 Å². The van der Waals surface area contributed by atoms with Crippen LogP contribution in [0.25, 0.3) is 0 Å². The van der Waals surface area contributed by atoms with Crippen LogP contribution in [0.2, 0.25) is 0 Å². The number of benzene rings is 1. The van der Waals surface area contributed by atoms with Crippen LogP contribution in [0.5, 0.6) is 5.75 Å². The van der Waals surface area contributed by atoms with Crippen LogP contribution in [0.3, 0.4) is 0 Å². The van der Waals surface area contributed by atoms with Gasteiger partial charge in [-0.3, -0.25) is 0 Å². The molecule has 0 radical (unpaired) electrons. The summed E-state index contributed by atoms with van der Waals surface area (Å²) in [7, 11) is 0. The zero-order valence-corrected chi connectivity index (χ0v) is 13.6. The Kier molecular flexibility index (Phi) is 5.51. The van der Waals surface area contributed by atoms with Gasteiger partial charge in [0, 0.05) is 13.0 Å². The van der Waals surface area contributed by atoms with Crippen molar-refractivity contribution < 1.29 is 23.7 Å². The lowest BCUT2D eigenvalue weighted by Crippen LogP contribution is -2.23. The summed E-state index contributed by atoms with van der Waals surface area (Å²) in [5.74, 6) is 0.368. The highest BCUT2D eigenvalue weighted by atomic mass is 16.7. The van der Waals surface area contributed by atoms with Crippen LogP contribution in [0, 0.1) is 0 Å². The van der Waals surface area contributed by atoms with Crippen molar-refractivity contribution in [3.8, 4) is 5.75 Å². The van der Waals surface area contributed by atoms with Crippen molar-refractivity contribution in [1.82, 2.24) is 0 Å². The third kappa shape index (κ3) is 4.03. The lowest BCUT2D eigenvalue weighted by Gasteiger charge is -2.22.